The van der Waals surface area contributed by atoms with Crippen LogP contribution in [0.2, 0.25) is 0 Å². The van der Waals surface area contributed by atoms with Crippen molar-refractivity contribution in [2.24, 2.45) is 13.0 Å². The molecule has 2 heterocycles. The number of hydrogen-bond acceptors (Lipinski definition) is 6. The Morgan fingerprint density at radius 2 is 1.78 bits per heavy atom. The minimum atomic E-state index is -3.75. The van der Waals surface area contributed by atoms with Crippen molar-refractivity contribution < 1.29 is 17.9 Å². The first-order valence-electron chi connectivity index (χ1n) is 10.9. The number of nitrogens with one attached hydrogen (secondary N) is 1. The normalized spacial score (nSPS) is 24.6. The van der Waals surface area contributed by atoms with Crippen molar-refractivity contribution in [1.82, 2.24) is 24.1 Å². The van der Waals surface area contributed by atoms with Crippen molar-refractivity contribution in [2.75, 3.05) is 40.3 Å². The standard InChI is InChI=1S/C22H31N5O4S/c1-25-8-10-27(11-9-25)22(28)20-13-17(24-32(29,30)21-14-26(2)15-23-21)12-19(20)16-4-6-18(31-3)7-5-16/h4-7,14-15,17,19-20,24H,8-13H2,1-3H3/t17-,19+,20-/m0/s1. The van der Waals surface area contributed by atoms with E-state index in [-0.39, 0.29) is 28.8 Å². The van der Waals surface area contributed by atoms with Crippen LogP contribution >= 0.6 is 0 Å². The summed E-state index contributed by atoms with van der Waals surface area (Å²) in [6, 6.07) is 7.39. The molecule has 2 aliphatic rings. The minimum absolute atomic E-state index is 0.00478. The molecule has 1 saturated heterocycles. The molecule has 1 N–H and O–H groups in total. The molecule has 10 heteroatoms. The zero-order valence-corrected chi connectivity index (χ0v) is 19.6. The molecular weight excluding hydrogens is 430 g/mol. The Labute approximate surface area is 189 Å². The number of aryl methyl sites for hydroxylation is 1. The molecule has 174 valence electrons. The lowest BCUT2D eigenvalue weighted by Crippen LogP contribution is -2.49. The van der Waals surface area contributed by atoms with Gasteiger partial charge in [0.15, 0.2) is 5.03 Å². The van der Waals surface area contributed by atoms with Gasteiger partial charge in [-0.05, 0) is 43.5 Å². The molecule has 0 spiro atoms. The number of ether oxygens (including phenoxy) is 1. The van der Waals surface area contributed by atoms with E-state index < -0.39 is 10.0 Å². The Morgan fingerprint density at radius 1 is 1.09 bits per heavy atom. The van der Waals surface area contributed by atoms with E-state index in [2.05, 4.69) is 21.7 Å². The van der Waals surface area contributed by atoms with Gasteiger partial charge < -0.3 is 19.1 Å². The van der Waals surface area contributed by atoms with Gasteiger partial charge in [-0.15, -0.1) is 0 Å². The van der Waals surface area contributed by atoms with E-state index in [1.54, 1.807) is 18.7 Å². The maximum atomic E-state index is 13.5. The molecule has 3 atom stereocenters. The van der Waals surface area contributed by atoms with E-state index in [0.29, 0.717) is 25.9 Å². The second-order valence-corrected chi connectivity index (χ2v) is 10.4. The predicted molar refractivity (Wildman–Crippen MR) is 120 cm³/mol. The molecule has 1 aliphatic heterocycles. The number of imidazole rings is 1. The maximum Gasteiger partial charge on any atom is 0.259 e. The summed E-state index contributed by atoms with van der Waals surface area (Å²) in [5.74, 6) is 0.521. The Hall–Kier alpha value is -2.43. The quantitative estimate of drug-likeness (QED) is 0.691. The Balaban J connectivity index is 1.56. The Kier molecular flexibility index (Phi) is 6.55. The first-order chi connectivity index (χ1) is 15.3. The molecule has 1 amide bonds. The average molecular weight is 462 g/mol. The maximum absolute atomic E-state index is 13.5. The molecule has 1 saturated carbocycles. The average Bonchev–Trinajstić information content (AvgIpc) is 3.40. The monoisotopic (exact) mass is 461 g/mol. The third kappa shape index (κ3) is 4.82. The van der Waals surface area contributed by atoms with Gasteiger partial charge in [-0.2, -0.15) is 0 Å². The van der Waals surface area contributed by atoms with Crippen LogP contribution in [0.5, 0.6) is 5.75 Å². The molecule has 1 aromatic carbocycles. The highest BCUT2D eigenvalue weighted by Crippen LogP contribution is 2.42. The highest BCUT2D eigenvalue weighted by molar-refractivity contribution is 7.89. The number of piperazine rings is 1. The number of carbonyl (C=O) groups excluding carboxylic acids is 1. The zero-order valence-electron chi connectivity index (χ0n) is 18.8. The number of nitrogens with zero attached hydrogens (tertiary/aromatic N) is 4. The number of aromatic nitrogens is 2. The van der Waals surface area contributed by atoms with Gasteiger partial charge in [-0.1, -0.05) is 12.1 Å². The predicted octanol–water partition coefficient (Wildman–Crippen LogP) is 1.04. The van der Waals surface area contributed by atoms with Gasteiger partial charge >= 0.3 is 0 Å². The van der Waals surface area contributed by atoms with Crippen LogP contribution in [0.15, 0.2) is 41.8 Å². The molecule has 1 aromatic heterocycles. The highest BCUT2D eigenvalue weighted by Gasteiger charge is 2.43. The van der Waals surface area contributed by atoms with Gasteiger partial charge in [-0.3, -0.25) is 4.79 Å². The molecule has 9 nitrogen and oxygen atoms in total. The van der Waals surface area contributed by atoms with Gasteiger partial charge in [0.05, 0.1) is 13.4 Å². The number of rotatable bonds is 6. The minimum Gasteiger partial charge on any atom is -0.497 e. The van der Waals surface area contributed by atoms with E-state index in [1.807, 2.05) is 29.2 Å². The summed E-state index contributed by atoms with van der Waals surface area (Å²) in [7, 11) is 1.65. The third-order valence-electron chi connectivity index (χ3n) is 6.52. The smallest absolute Gasteiger partial charge is 0.259 e. The molecule has 2 aromatic rings. The van der Waals surface area contributed by atoms with Crippen LogP contribution in [0, 0.1) is 5.92 Å². The highest BCUT2D eigenvalue weighted by atomic mass is 32.2. The van der Waals surface area contributed by atoms with E-state index in [0.717, 1.165) is 24.4 Å². The fourth-order valence-electron chi connectivity index (χ4n) is 4.70. The van der Waals surface area contributed by atoms with Crippen molar-refractivity contribution in [1.29, 1.82) is 0 Å². The van der Waals surface area contributed by atoms with E-state index in [9.17, 15) is 13.2 Å². The number of amides is 1. The van der Waals surface area contributed by atoms with Crippen LogP contribution in [-0.2, 0) is 21.9 Å². The topological polar surface area (TPSA) is 96.8 Å². The van der Waals surface area contributed by atoms with E-state index >= 15 is 0 Å². The number of carbonyl (C=O) groups is 1. The first kappa shape index (κ1) is 22.8. The van der Waals surface area contributed by atoms with Crippen LogP contribution in [0.3, 0.4) is 0 Å². The van der Waals surface area contributed by atoms with Gasteiger partial charge in [-0.25, -0.2) is 18.1 Å². The molecule has 32 heavy (non-hydrogen) atoms. The van der Waals surface area contributed by atoms with Crippen LogP contribution in [0.4, 0.5) is 0 Å². The lowest BCUT2D eigenvalue weighted by Gasteiger charge is -2.35. The summed E-state index contributed by atoms with van der Waals surface area (Å²) in [5.41, 5.74) is 1.03. The van der Waals surface area contributed by atoms with Gasteiger partial charge in [0, 0.05) is 51.4 Å². The summed E-state index contributed by atoms with van der Waals surface area (Å²) in [6.07, 6.45) is 3.96. The zero-order chi connectivity index (χ0) is 22.9. The lowest BCUT2D eigenvalue weighted by atomic mass is 9.87. The second-order valence-electron chi connectivity index (χ2n) is 8.78. The van der Waals surface area contributed by atoms with Gasteiger partial charge in [0.2, 0.25) is 5.91 Å². The van der Waals surface area contributed by atoms with Crippen molar-refractivity contribution in [3.63, 3.8) is 0 Å². The van der Waals surface area contributed by atoms with Gasteiger partial charge in [0.25, 0.3) is 10.0 Å². The van der Waals surface area contributed by atoms with Gasteiger partial charge in [0.1, 0.15) is 5.75 Å². The third-order valence-corrected chi connectivity index (χ3v) is 7.92. The summed E-state index contributed by atoms with van der Waals surface area (Å²) in [6.45, 7) is 3.10. The number of likely N-dealkylation sites (N-methyl/N-ethyl adjacent to an activating group) is 1. The van der Waals surface area contributed by atoms with Crippen molar-refractivity contribution in [3.05, 3.63) is 42.4 Å². The summed E-state index contributed by atoms with van der Waals surface area (Å²) in [5, 5.41) is -0.00478. The van der Waals surface area contributed by atoms with Crippen LogP contribution in [-0.4, -0.2) is 80.1 Å². The first-order valence-corrected chi connectivity index (χ1v) is 12.4. The lowest BCUT2D eigenvalue weighted by molar-refractivity contribution is -0.137. The fourth-order valence-corrected chi connectivity index (χ4v) is 5.94. The molecule has 1 aliphatic carbocycles. The fraction of sp³-hybridized carbons (Fsp3) is 0.545. The van der Waals surface area contributed by atoms with E-state index in [1.165, 1.54) is 12.5 Å². The number of methoxy groups -OCH3 is 1. The second kappa shape index (κ2) is 9.21. The molecule has 0 unspecified atom stereocenters. The molecule has 0 bridgehead atoms. The Morgan fingerprint density at radius 3 is 2.38 bits per heavy atom. The van der Waals surface area contributed by atoms with Crippen molar-refractivity contribution in [2.45, 2.75) is 29.8 Å². The van der Waals surface area contributed by atoms with Crippen molar-refractivity contribution in [3.8, 4) is 5.75 Å². The number of benzene rings is 1. The number of hydrogen-bond donors (Lipinski definition) is 1. The SMILES string of the molecule is COc1ccc([C@H]2C[C@H](NS(=O)(=O)c3cn(C)cn3)C[C@@H]2C(=O)N2CCN(C)CC2)cc1. The van der Waals surface area contributed by atoms with E-state index in [4.69, 9.17) is 4.74 Å². The Bertz CT molecular complexity index is 1040. The van der Waals surface area contributed by atoms with Crippen molar-refractivity contribution >= 4 is 15.9 Å². The molecule has 0 radical (unpaired) electrons. The molecule has 4 rings (SSSR count). The summed E-state index contributed by atoms with van der Waals surface area (Å²) >= 11 is 0. The van der Waals surface area contributed by atoms with Crippen LogP contribution in [0.25, 0.3) is 0 Å². The molecule has 2 fully saturated rings. The number of sulfonamides is 1. The van der Waals surface area contributed by atoms with Crippen LogP contribution in [0.1, 0.15) is 24.3 Å². The largest absolute Gasteiger partial charge is 0.497 e. The molecular formula is C22H31N5O4S. The summed E-state index contributed by atoms with van der Waals surface area (Å²) in [4.78, 5) is 21.6. The summed E-state index contributed by atoms with van der Waals surface area (Å²) < 4.78 is 35.3. The van der Waals surface area contributed by atoms with Crippen LogP contribution < -0.4 is 9.46 Å².